The molecule has 0 saturated heterocycles. The fourth-order valence-electron chi connectivity index (χ4n) is 2.92. The maximum absolute atomic E-state index is 12.1. The summed E-state index contributed by atoms with van der Waals surface area (Å²) < 4.78 is 0. The van der Waals surface area contributed by atoms with Crippen LogP contribution in [0.15, 0.2) is 18.2 Å². The standard InChI is InChI=1S/C16H22Cl2N2O2/c17-12-7-6-11(9-13(12)18)20-16(22)15(21)14(19)8-10-4-2-1-3-5-10/h6-7,9-10,14-15,21H,1-5,8,19H2,(H,20,22)/t14-,15?/m1/s1. The van der Waals surface area contributed by atoms with E-state index in [2.05, 4.69) is 5.32 Å². The lowest BCUT2D eigenvalue weighted by atomic mass is 9.84. The van der Waals surface area contributed by atoms with Crippen molar-refractivity contribution in [3.05, 3.63) is 28.2 Å². The number of aliphatic hydroxyl groups is 1. The number of nitrogens with two attached hydrogens (primary N) is 1. The van der Waals surface area contributed by atoms with Crippen molar-refractivity contribution in [3.63, 3.8) is 0 Å². The number of halogens is 2. The Hall–Kier alpha value is -0.810. The van der Waals surface area contributed by atoms with Gasteiger partial charge in [-0.25, -0.2) is 0 Å². The number of benzene rings is 1. The van der Waals surface area contributed by atoms with Gasteiger partial charge in [0.25, 0.3) is 5.91 Å². The van der Waals surface area contributed by atoms with E-state index in [1.54, 1.807) is 18.2 Å². The third kappa shape index (κ3) is 4.85. The summed E-state index contributed by atoms with van der Waals surface area (Å²) in [7, 11) is 0. The fraction of sp³-hybridized carbons (Fsp3) is 0.562. The van der Waals surface area contributed by atoms with Gasteiger partial charge in [0.05, 0.1) is 10.0 Å². The summed E-state index contributed by atoms with van der Waals surface area (Å²) in [4.78, 5) is 12.1. The van der Waals surface area contributed by atoms with Crippen LogP contribution in [0.2, 0.25) is 10.0 Å². The van der Waals surface area contributed by atoms with Crippen molar-refractivity contribution in [2.24, 2.45) is 11.7 Å². The molecule has 1 aliphatic rings. The molecule has 0 spiro atoms. The van der Waals surface area contributed by atoms with Crippen LogP contribution in [0.4, 0.5) is 5.69 Å². The highest BCUT2D eigenvalue weighted by molar-refractivity contribution is 6.42. The monoisotopic (exact) mass is 344 g/mol. The molecular weight excluding hydrogens is 323 g/mol. The summed E-state index contributed by atoms with van der Waals surface area (Å²) in [5.74, 6) is -0.00197. The molecule has 0 aliphatic heterocycles. The number of hydrogen-bond donors (Lipinski definition) is 3. The number of anilines is 1. The lowest BCUT2D eigenvalue weighted by Gasteiger charge is -2.26. The molecule has 1 fully saturated rings. The van der Waals surface area contributed by atoms with Crippen LogP contribution in [-0.2, 0) is 4.79 Å². The second-order valence-electron chi connectivity index (χ2n) is 5.97. The molecule has 1 aromatic carbocycles. The van der Waals surface area contributed by atoms with Gasteiger partial charge >= 0.3 is 0 Å². The third-order valence-electron chi connectivity index (χ3n) is 4.19. The Bertz CT molecular complexity index is 519. The zero-order chi connectivity index (χ0) is 16.1. The van der Waals surface area contributed by atoms with Crippen LogP contribution in [-0.4, -0.2) is 23.2 Å². The second-order valence-corrected chi connectivity index (χ2v) is 6.78. The van der Waals surface area contributed by atoms with Gasteiger partial charge in [0, 0.05) is 11.7 Å². The average Bonchev–Trinajstić information content (AvgIpc) is 2.51. The summed E-state index contributed by atoms with van der Waals surface area (Å²) in [5, 5.41) is 13.5. The first-order chi connectivity index (χ1) is 10.5. The predicted molar refractivity (Wildman–Crippen MR) is 90.3 cm³/mol. The molecule has 122 valence electrons. The van der Waals surface area contributed by atoms with E-state index in [-0.39, 0.29) is 0 Å². The first-order valence-corrected chi connectivity index (χ1v) is 8.42. The van der Waals surface area contributed by atoms with E-state index in [0.717, 1.165) is 12.8 Å². The molecule has 1 aliphatic carbocycles. The van der Waals surface area contributed by atoms with Gasteiger partial charge < -0.3 is 16.2 Å². The fourth-order valence-corrected chi connectivity index (χ4v) is 3.22. The highest BCUT2D eigenvalue weighted by Gasteiger charge is 2.26. The van der Waals surface area contributed by atoms with E-state index < -0.39 is 18.1 Å². The van der Waals surface area contributed by atoms with E-state index in [1.807, 2.05) is 0 Å². The number of aliphatic hydroxyl groups excluding tert-OH is 1. The van der Waals surface area contributed by atoms with Gasteiger partial charge in [-0.3, -0.25) is 4.79 Å². The molecule has 1 amide bonds. The first-order valence-electron chi connectivity index (χ1n) is 7.67. The lowest BCUT2D eigenvalue weighted by Crippen LogP contribution is -2.44. The maximum Gasteiger partial charge on any atom is 0.254 e. The molecule has 0 bridgehead atoms. The minimum absolute atomic E-state index is 0.348. The topological polar surface area (TPSA) is 75.3 Å². The lowest BCUT2D eigenvalue weighted by molar-refractivity contribution is -0.125. The van der Waals surface area contributed by atoms with Gasteiger partial charge in [-0.1, -0.05) is 55.3 Å². The van der Waals surface area contributed by atoms with Crippen molar-refractivity contribution >= 4 is 34.8 Å². The van der Waals surface area contributed by atoms with Crippen LogP contribution in [0.25, 0.3) is 0 Å². The molecule has 1 aromatic rings. The molecule has 1 unspecified atom stereocenters. The SMILES string of the molecule is N[C@H](CC1CCCCC1)C(O)C(=O)Nc1ccc(Cl)c(Cl)c1. The Morgan fingerprint density at radius 3 is 2.59 bits per heavy atom. The molecule has 6 heteroatoms. The number of hydrogen-bond acceptors (Lipinski definition) is 3. The maximum atomic E-state index is 12.1. The van der Waals surface area contributed by atoms with Gasteiger partial charge in [0.1, 0.15) is 6.10 Å². The van der Waals surface area contributed by atoms with Crippen LogP contribution < -0.4 is 11.1 Å². The molecule has 22 heavy (non-hydrogen) atoms. The Labute approximate surface area is 141 Å². The molecular formula is C16H22Cl2N2O2. The van der Waals surface area contributed by atoms with Crippen LogP contribution in [0, 0.1) is 5.92 Å². The Balaban J connectivity index is 1.88. The summed E-state index contributed by atoms with van der Waals surface area (Å²) >= 11 is 11.7. The zero-order valence-electron chi connectivity index (χ0n) is 12.4. The van der Waals surface area contributed by atoms with Gasteiger partial charge in [-0.05, 0) is 30.5 Å². The van der Waals surface area contributed by atoms with Crippen molar-refractivity contribution < 1.29 is 9.90 Å². The molecule has 2 rings (SSSR count). The summed E-state index contributed by atoms with van der Waals surface area (Å²) in [5.41, 5.74) is 6.49. The van der Waals surface area contributed by atoms with Crippen molar-refractivity contribution in [2.75, 3.05) is 5.32 Å². The predicted octanol–water partition coefficient (Wildman–Crippen LogP) is 3.59. The molecule has 2 atom stereocenters. The number of nitrogens with one attached hydrogen (secondary N) is 1. The largest absolute Gasteiger partial charge is 0.382 e. The van der Waals surface area contributed by atoms with Crippen molar-refractivity contribution in [1.29, 1.82) is 0 Å². The average molecular weight is 345 g/mol. The number of amides is 1. The van der Waals surface area contributed by atoms with Gasteiger partial charge in [-0.15, -0.1) is 0 Å². The van der Waals surface area contributed by atoms with Crippen molar-refractivity contribution in [3.8, 4) is 0 Å². The van der Waals surface area contributed by atoms with Gasteiger partial charge in [-0.2, -0.15) is 0 Å². The Morgan fingerprint density at radius 2 is 1.95 bits per heavy atom. The van der Waals surface area contributed by atoms with Crippen molar-refractivity contribution in [1.82, 2.24) is 0 Å². The highest BCUT2D eigenvalue weighted by atomic mass is 35.5. The smallest absolute Gasteiger partial charge is 0.254 e. The quantitative estimate of drug-likeness (QED) is 0.763. The van der Waals surface area contributed by atoms with Crippen molar-refractivity contribution in [2.45, 2.75) is 50.7 Å². The molecule has 0 aromatic heterocycles. The number of carbonyl (C=O) groups is 1. The Morgan fingerprint density at radius 1 is 1.27 bits per heavy atom. The molecule has 1 saturated carbocycles. The van der Waals surface area contributed by atoms with Crippen LogP contribution in [0.3, 0.4) is 0 Å². The van der Waals surface area contributed by atoms with Gasteiger partial charge in [0.15, 0.2) is 0 Å². The summed E-state index contributed by atoms with van der Waals surface area (Å²) in [6.07, 6.45) is 5.41. The molecule has 0 radical (unpaired) electrons. The molecule has 0 heterocycles. The molecule has 4 N–H and O–H groups in total. The molecule has 4 nitrogen and oxygen atoms in total. The number of carbonyl (C=O) groups excluding carboxylic acids is 1. The zero-order valence-corrected chi connectivity index (χ0v) is 13.9. The second kappa shape index (κ2) is 8.16. The van der Waals surface area contributed by atoms with E-state index in [4.69, 9.17) is 28.9 Å². The summed E-state index contributed by atoms with van der Waals surface area (Å²) in [6.45, 7) is 0. The van der Waals surface area contributed by atoms with Crippen LogP contribution >= 0.6 is 23.2 Å². The van der Waals surface area contributed by atoms with E-state index in [0.29, 0.717) is 28.1 Å². The number of rotatable bonds is 5. The van der Waals surface area contributed by atoms with E-state index in [9.17, 15) is 9.90 Å². The van der Waals surface area contributed by atoms with Crippen LogP contribution in [0.1, 0.15) is 38.5 Å². The van der Waals surface area contributed by atoms with E-state index >= 15 is 0 Å². The minimum Gasteiger partial charge on any atom is -0.382 e. The highest BCUT2D eigenvalue weighted by Crippen LogP contribution is 2.28. The van der Waals surface area contributed by atoms with Gasteiger partial charge in [0.2, 0.25) is 0 Å². The Kier molecular flexibility index (Phi) is 6.50. The normalized spacial score (nSPS) is 18.7. The third-order valence-corrected chi connectivity index (χ3v) is 4.93. The van der Waals surface area contributed by atoms with E-state index in [1.165, 1.54) is 19.3 Å². The first kappa shape index (κ1) is 17.5. The minimum atomic E-state index is -1.23. The summed E-state index contributed by atoms with van der Waals surface area (Å²) in [6, 6.07) is 4.21. The van der Waals surface area contributed by atoms with Crippen LogP contribution in [0.5, 0.6) is 0 Å².